The van der Waals surface area contributed by atoms with Gasteiger partial charge in [0.1, 0.15) is 11.5 Å². The number of para-hydroxylation sites is 1. The van der Waals surface area contributed by atoms with E-state index in [0.29, 0.717) is 0 Å². The summed E-state index contributed by atoms with van der Waals surface area (Å²) in [5, 5.41) is 5.34. The van der Waals surface area contributed by atoms with Crippen LogP contribution in [0.3, 0.4) is 0 Å². The summed E-state index contributed by atoms with van der Waals surface area (Å²) in [5.41, 5.74) is 8.01. The Morgan fingerprint density at radius 3 is 1.65 bits per heavy atom. The van der Waals surface area contributed by atoms with E-state index in [1.165, 1.54) is 0 Å². The van der Waals surface area contributed by atoms with Gasteiger partial charge in [-0.2, -0.15) is 0 Å². The molecular weight excluding hydrogens is 520 g/mol. The molecule has 0 spiro atoms. The van der Waals surface area contributed by atoms with Crippen molar-refractivity contribution >= 4 is 32.3 Å². The van der Waals surface area contributed by atoms with Crippen LogP contribution >= 0.6 is 0 Å². The molecule has 0 bridgehead atoms. The van der Waals surface area contributed by atoms with Crippen molar-refractivity contribution in [1.29, 1.82) is 0 Å². The molecule has 0 aromatic heterocycles. The lowest BCUT2D eigenvalue weighted by molar-refractivity contribution is 0.487. The Bertz CT molecular complexity index is 2500. The van der Waals surface area contributed by atoms with Crippen molar-refractivity contribution < 1.29 is 10.2 Å². The third-order valence-electron chi connectivity index (χ3n) is 8.64. The summed E-state index contributed by atoms with van der Waals surface area (Å²) in [4.78, 5) is 0. The van der Waals surface area contributed by atoms with Gasteiger partial charge >= 0.3 is 0 Å². The third kappa shape index (κ3) is 3.65. The minimum atomic E-state index is 0.131. The molecule has 9 rings (SSSR count). The number of hydrogen-bond acceptors (Lipinski definition) is 1. The molecule has 1 heterocycles. The average molecular weight is 551 g/mol. The lowest BCUT2D eigenvalue weighted by Gasteiger charge is -2.24. The van der Waals surface area contributed by atoms with E-state index in [4.69, 9.17) is 10.2 Å². The van der Waals surface area contributed by atoms with Gasteiger partial charge in [-0.15, -0.1) is 0 Å². The van der Waals surface area contributed by atoms with Crippen LogP contribution in [0.4, 0.5) is 0 Å². The quantitative estimate of drug-likeness (QED) is 0.199. The minimum Gasteiger partial charge on any atom is -0.456 e. The Morgan fingerprint density at radius 1 is 0.349 bits per heavy atom. The molecule has 0 saturated heterocycles. The second kappa shape index (κ2) is 9.44. The first kappa shape index (κ1) is 20.3. The maximum absolute atomic E-state index is 8.72. The van der Waals surface area contributed by atoms with Crippen molar-refractivity contribution in [2.75, 3.05) is 0 Å². The molecule has 0 fully saturated rings. The normalized spacial score (nSPS) is 13.2. The van der Waals surface area contributed by atoms with Gasteiger partial charge < -0.3 is 4.74 Å². The van der Waals surface area contributed by atoms with Gasteiger partial charge in [-0.1, -0.05) is 139 Å². The lowest BCUT2D eigenvalue weighted by atomic mass is 9.83. The van der Waals surface area contributed by atoms with E-state index >= 15 is 0 Å². The SMILES string of the molecule is [2H]c1cc2c(-c3ccc(-c4ccccc4)cc3)c3cc([2H])c([2H])cc3c(-c3ccc4c5c(cccc35)-c3ccccc3O4)c2cc1[2H]. The van der Waals surface area contributed by atoms with E-state index in [1.807, 2.05) is 42.5 Å². The minimum absolute atomic E-state index is 0.131. The highest BCUT2D eigenvalue weighted by Gasteiger charge is 2.23. The first-order chi connectivity index (χ1) is 23.0. The summed E-state index contributed by atoms with van der Waals surface area (Å²) in [7, 11) is 0. The predicted octanol–water partition coefficient (Wildman–Crippen LogP) is 11.9. The van der Waals surface area contributed by atoms with Gasteiger partial charge in [-0.05, 0) is 84.1 Å². The molecule has 1 aliphatic rings. The maximum Gasteiger partial charge on any atom is 0.135 e. The fourth-order valence-corrected chi connectivity index (χ4v) is 6.74. The molecule has 0 N–H and O–H groups in total. The zero-order valence-electron chi connectivity index (χ0n) is 27.1. The molecule has 200 valence electrons. The highest BCUT2D eigenvalue weighted by atomic mass is 16.5. The van der Waals surface area contributed by atoms with Gasteiger partial charge in [0.05, 0.1) is 5.48 Å². The van der Waals surface area contributed by atoms with Crippen molar-refractivity contribution in [1.82, 2.24) is 0 Å². The number of ether oxygens (including phenoxy) is 1. The predicted molar refractivity (Wildman–Crippen MR) is 181 cm³/mol. The second-order valence-electron chi connectivity index (χ2n) is 10.9. The largest absolute Gasteiger partial charge is 0.456 e. The van der Waals surface area contributed by atoms with Crippen LogP contribution < -0.4 is 4.74 Å². The fraction of sp³-hybridized carbons (Fsp3) is 0. The van der Waals surface area contributed by atoms with Crippen LogP contribution in [0.15, 0.2) is 158 Å². The van der Waals surface area contributed by atoms with Gasteiger partial charge in [0, 0.05) is 10.9 Å². The Balaban J connectivity index is 1.39. The molecular formula is C42H26O. The molecule has 0 amide bonds. The molecule has 0 atom stereocenters. The number of hydrogen-bond donors (Lipinski definition) is 0. The first-order valence-corrected chi connectivity index (χ1v) is 14.4. The Hall–Kier alpha value is -5.66. The average Bonchev–Trinajstić information content (AvgIpc) is 3.10. The third-order valence-corrected chi connectivity index (χ3v) is 8.64. The fourth-order valence-electron chi connectivity index (χ4n) is 6.74. The van der Waals surface area contributed by atoms with Crippen molar-refractivity contribution in [2.24, 2.45) is 0 Å². The highest BCUT2D eigenvalue weighted by Crippen LogP contribution is 2.51. The summed E-state index contributed by atoms with van der Waals surface area (Å²) >= 11 is 0. The molecule has 0 aliphatic carbocycles. The maximum atomic E-state index is 8.72. The number of fused-ring (bicyclic) bond motifs is 4. The summed E-state index contributed by atoms with van der Waals surface area (Å²) < 4.78 is 41.2. The summed E-state index contributed by atoms with van der Waals surface area (Å²) in [6, 6.07) is 44.7. The Labute approximate surface area is 255 Å². The monoisotopic (exact) mass is 550 g/mol. The molecule has 0 unspecified atom stereocenters. The van der Waals surface area contributed by atoms with Gasteiger partial charge in [0.15, 0.2) is 0 Å². The molecule has 0 radical (unpaired) electrons. The highest BCUT2D eigenvalue weighted by molar-refractivity contribution is 6.24. The van der Waals surface area contributed by atoms with Crippen molar-refractivity contribution in [3.8, 4) is 56.0 Å². The van der Waals surface area contributed by atoms with E-state index in [2.05, 4.69) is 66.7 Å². The van der Waals surface area contributed by atoms with Crippen LogP contribution in [0.5, 0.6) is 11.5 Å². The molecule has 8 aromatic carbocycles. The summed E-state index contributed by atoms with van der Waals surface area (Å²) in [6.07, 6.45) is 0. The van der Waals surface area contributed by atoms with Crippen LogP contribution in [-0.2, 0) is 0 Å². The van der Waals surface area contributed by atoms with Crippen molar-refractivity contribution in [3.05, 3.63) is 158 Å². The second-order valence-corrected chi connectivity index (χ2v) is 10.9. The smallest absolute Gasteiger partial charge is 0.135 e. The molecule has 0 saturated carbocycles. The molecule has 1 nitrogen and oxygen atoms in total. The van der Waals surface area contributed by atoms with Gasteiger partial charge in [-0.25, -0.2) is 0 Å². The molecule has 1 aliphatic heterocycles. The standard InChI is InChI=1S/C42H26O/c1-2-11-27(12-3-1)28-21-23-29(24-22-28)40-32-14-4-6-16-34(32)41(35-17-7-5-15-33(35)40)37-25-26-39-42-31(18-10-19-36(37)42)30-13-8-9-20-38(30)43-39/h1-26H/i4D,5D,6D,7D. The van der Waals surface area contributed by atoms with Crippen molar-refractivity contribution in [2.45, 2.75) is 0 Å². The van der Waals surface area contributed by atoms with Crippen molar-refractivity contribution in [3.63, 3.8) is 0 Å². The van der Waals surface area contributed by atoms with E-state index in [0.717, 1.165) is 88.3 Å². The van der Waals surface area contributed by atoms with Crippen LogP contribution in [0.25, 0.3) is 76.8 Å². The van der Waals surface area contributed by atoms with Crippen LogP contribution in [0.2, 0.25) is 0 Å². The van der Waals surface area contributed by atoms with Crippen LogP contribution in [0, 0.1) is 0 Å². The van der Waals surface area contributed by atoms with Gasteiger partial charge in [0.2, 0.25) is 0 Å². The Morgan fingerprint density at radius 2 is 0.930 bits per heavy atom. The van der Waals surface area contributed by atoms with Gasteiger partial charge in [-0.3, -0.25) is 0 Å². The van der Waals surface area contributed by atoms with E-state index < -0.39 is 0 Å². The zero-order valence-corrected chi connectivity index (χ0v) is 23.1. The first-order valence-electron chi connectivity index (χ1n) is 16.4. The number of rotatable bonds is 3. The zero-order chi connectivity index (χ0) is 31.8. The molecule has 1 heteroatoms. The van der Waals surface area contributed by atoms with E-state index in [1.54, 1.807) is 24.3 Å². The van der Waals surface area contributed by atoms with Crippen LogP contribution in [-0.4, -0.2) is 0 Å². The molecule has 43 heavy (non-hydrogen) atoms. The molecule has 8 aromatic rings. The van der Waals surface area contributed by atoms with Gasteiger partial charge in [0.25, 0.3) is 0 Å². The Kier molecular flexibility index (Phi) is 4.45. The topological polar surface area (TPSA) is 9.23 Å². The summed E-state index contributed by atoms with van der Waals surface area (Å²) in [6.45, 7) is 0. The van der Waals surface area contributed by atoms with E-state index in [9.17, 15) is 0 Å². The number of benzene rings is 8. The van der Waals surface area contributed by atoms with Crippen LogP contribution in [0.1, 0.15) is 5.48 Å². The summed E-state index contributed by atoms with van der Waals surface area (Å²) in [5.74, 6) is 1.61. The lowest BCUT2D eigenvalue weighted by Crippen LogP contribution is -1.98. The van der Waals surface area contributed by atoms with E-state index in [-0.39, 0.29) is 24.2 Å².